The zero-order valence-electron chi connectivity index (χ0n) is 8.85. The van der Waals surface area contributed by atoms with Crippen molar-refractivity contribution in [2.75, 3.05) is 26.2 Å². The summed E-state index contributed by atoms with van der Waals surface area (Å²) in [4.78, 5) is 2.36. The first-order valence-corrected chi connectivity index (χ1v) is 5.41. The zero-order valence-corrected chi connectivity index (χ0v) is 9.60. The van der Waals surface area contributed by atoms with E-state index in [2.05, 4.69) is 25.7 Å². The maximum absolute atomic E-state index is 5.99. The van der Waals surface area contributed by atoms with Gasteiger partial charge < -0.3 is 4.74 Å². The molecule has 1 aliphatic rings. The molecule has 1 rings (SSSR count). The van der Waals surface area contributed by atoms with Gasteiger partial charge in [0.05, 0.1) is 12.2 Å². The van der Waals surface area contributed by atoms with Crippen LogP contribution >= 0.6 is 11.6 Å². The number of ether oxygens (including phenoxy) is 1. The van der Waals surface area contributed by atoms with E-state index in [0.29, 0.717) is 5.38 Å². The monoisotopic (exact) mass is 205 g/mol. The third kappa shape index (κ3) is 4.84. The van der Waals surface area contributed by atoms with E-state index in [1.54, 1.807) is 0 Å². The highest BCUT2D eigenvalue weighted by Gasteiger charge is 2.20. The predicted octanol–water partition coefficient (Wildman–Crippen LogP) is 2.11. The normalized spacial score (nSPS) is 25.4. The minimum absolute atomic E-state index is 0.0138. The van der Waals surface area contributed by atoms with Crippen molar-refractivity contribution in [2.24, 2.45) is 0 Å². The van der Waals surface area contributed by atoms with Gasteiger partial charge in [-0.2, -0.15) is 0 Å². The van der Waals surface area contributed by atoms with E-state index >= 15 is 0 Å². The zero-order chi connectivity index (χ0) is 9.90. The summed E-state index contributed by atoms with van der Waals surface area (Å²) in [5, 5.41) is 0.356. The van der Waals surface area contributed by atoms with Crippen LogP contribution in [0.4, 0.5) is 0 Å². The summed E-state index contributed by atoms with van der Waals surface area (Å²) >= 11 is 5.99. The molecule has 0 aromatic heterocycles. The van der Waals surface area contributed by atoms with Gasteiger partial charge in [-0.15, -0.1) is 11.6 Å². The lowest BCUT2D eigenvalue weighted by atomic mass is 10.2. The van der Waals surface area contributed by atoms with Crippen LogP contribution in [-0.2, 0) is 4.74 Å². The van der Waals surface area contributed by atoms with Gasteiger partial charge in [-0.1, -0.05) is 0 Å². The Kier molecular flexibility index (Phi) is 4.02. The molecule has 1 aliphatic heterocycles. The van der Waals surface area contributed by atoms with E-state index in [9.17, 15) is 0 Å². The van der Waals surface area contributed by atoms with Crippen molar-refractivity contribution < 1.29 is 4.74 Å². The number of likely N-dealkylation sites (tertiary alicyclic amines) is 1. The minimum Gasteiger partial charge on any atom is -0.375 e. The lowest BCUT2D eigenvalue weighted by Gasteiger charge is -2.22. The molecule has 3 heteroatoms. The SMILES string of the molecule is CC(C)(C)OCCN1CCC(Cl)C1. The van der Waals surface area contributed by atoms with E-state index in [4.69, 9.17) is 16.3 Å². The molecule has 1 saturated heterocycles. The molecule has 1 heterocycles. The molecule has 1 fully saturated rings. The first-order chi connectivity index (χ1) is 5.97. The summed E-state index contributed by atoms with van der Waals surface area (Å²) in [5.41, 5.74) is -0.0138. The van der Waals surface area contributed by atoms with Crippen LogP contribution in [0, 0.1) is 0 Å². The van der Waals surface area contributed by atoms with E-state index in [1.807, 2.05) is 0 Å². The molecule has 13 heavy (non-hydrogen) atoms. The molecule has 78 valence electrons. The van der Waals surface area contributed by atoms with Crippen LogP contribution in [0.25, 0.3) is 0 Å². The first-order valence-electron chi connectivity index (χ1n) is 4.98. The van der Waals surface area contributed by atoms with Gasteiger partial charge in [0.15, 0.2) is 0 Å². The topological polar surface area (TPSA) is 12.5 Å². The van der Waals surface area contributed by atoms with Crippen molar-refractivity contribution in [1.82, 2.24) is 4.90 Å². The average Bonchev–Trinajstić information content (AvgIpc) is 2.33. The summed E-state index contributed by atoms with van der Waals surface area (Å²) in [6.07, 6.45) is 1.12. The largest absolute Gasteiger partial charge is 0.375 e. The second-order valence-electron chi connectivity index (χ2n) is 4.65. The summed E-state index contributed by atoms with van der Waals surface area (Å²) in [6, 6.07) is 0. The third-order valence-corrected chi connectivity index (χ3v) is 2.51. The van der Waals surface area contributed by atoms with Gasteiger partial charge in [0.1, 0.15) is 0 Å². The van der Waals surface area contributed by atoms with Crippen molar-refractivity contribution >= 4 is 11.6 Å². The van der Waals surface area contributed by atoms with Gasteiger partial charge in [-0.3, -0.25) is 4.90 Å². The van der Waals surface area contributed by atoms with Crippen LogP contribution in [0.1, 0.15) is 27.2 Å². The second kappa shape index (κ2) is 4.63. The summed E-state index contributed by atoms with van der Waals surface area (Å²) in [7, 11) is 0. The van der Waals surface area contributed by atoms with Gasteiger partial charge in [0.2, 0.25) is 0 Å². The van der Waals surface area contributed by atoms with Crippen LogP contribution in [0.3, 0.4) is 0 Å². The van der Waals surface area contributed by atoms with E-state index in [1.165, 1.54) is 0 Å². The number of nitrogens with zero attached hydrogens (tertiary/aromatic N) is 1. The van der Waals surface area contributed by atoms with E-state index in [-0.39, 0.29) is 5.60 Å². The summed E-state index contributed by atoms with van der Waals surface area (Å²) < 4.78 is 5.64. The van der Waals surface area contributed by atoms with Crippen LogP contribution < -0.4 is 0 Å². The van der Waals surface area contributed by atoms with Gasteiger partial charge in [0, 0.05) is 18.5 Å². The van der Waals surface area contributed by atoms with Gasteiger partial charge in [-0.25, -0.2) is 0 Å². The van der Waals surface area contributed by atoms with Crippen molar-refractivity contribution in [2.45, 2.75) is 38.2 Å². The molecular weight excluding hydrogens is 186 g/mol. The number of alkyl halides is 1. The number of hydrogen-bond acceptors (Lipinski definition) is 2. The van der Waals surface area contributed by atoms with Gasteiger partial charge in [-0.05, 0) is 33.7 Å². The number of halogens is 1. The summed E-state index contributed by atoms with van der Waals surface area (Å²) in [6.45, 7) is 10.2. The molecule has 0 bridgehead atoms. The van der Waals surface area contributed by atoms with E-state index < -0.39 is 0 Å². The van der Waals surface area contributed by atoms with Crippen LogP contribution in [0.15, 0.2) is 0 Å². The van der Waals surface area contributed by atoms with Crippen molar-refractivity contribution in [3.63, 3.8) is 0 Å². The summed E-state index contributed by atoms with van der Waals surface area (Å²) in [5.74, 6) is 0. The molecule has 0 aliphatic carbocycles. The molecule has 0 aromatic carbocycles. The van der Waals surface area contributed by atoms with Crippen molar-refractivity contribution in [1.29, 1.82) is 0 Å². The highest BCUT2D eigenvalue weighted by molar-refractivity contribution is 6.20. The molecule has 0 spiro atoms. The Hall–Kier alpha value is 0.210. The van der Waals surface area contributed by atoms with Gasteiger partial charge >= 0.3 is 0 Å². The predicted molar refractivity (Wildman–Crippen MR) is 56.4 cm³/mol. The van der Waals surface area contributed by atoms with E-state index in [0.717, 1.165) is 32.7 Å². The Morgan fingerprint density at radius 1 is 1.46 bits per heavy atom. The molecule has 2 nitrogen and oxygen atoms in total. The molecule has 0 saturated carbocycles. The Bertz CT molecular complexity index is 155. The van der Waals surface area contributed by atoms with Crippen molar-refractivity contribution in [3.8, 4) is 0 Å². The van der Waals surface area contributed by atoms with Crippen LogP contribution in [-0.4, -0.2) is 42.1 Å². The fourth-order valence-electron chi connectivity index (χ4n) is 1.47. The maximum Gasteiger partial charge on any atom is 0.0600 e. The highest BCUT2D eigenvalue weighted by Crippen LogP contribution is 2.14. The Morgan fingerprint density at radius 3 is 2.62 bits per heavy atom. The molecule has 1 atom stereocenters. The average molecular weight is 206 g/mol. The standard InChI is InChI=1S/C10H20ClNO/c1-10(2,3)13-7-6-12-5-4-9(11)8-12/h9H,4-8H2,1-3H3. The lowest BCUT2D eigenvalue weighted by molar-refractivity contribution is -0.0109. The Balaban J connectivity index is 2.07. The quantitative estimate of drug-likeness (QED) is 0.655. The van der Waals surface area contributed by atoms with Crippen LogP contribution in [0.2, 0.25) is 0 Å². The van der Waals surface area contributed by atoms with Gasteiger partial charge in [0.25, 0.3) is 0 Å². The lowest BCUT2D eigenvalue weighted by Crippen LogP contribution is -2.29. The van der Waals surface area contributed by atoms with Crippen LogP contribution in [0.5, 0.6) is 0 Å². The molecule has 0 N–H and O–H groups in total. The molecule has 0 radical (unpaired) electrons. The molecule has 0 amide bonds. The Labute approximate surface area is 86.2 Å². The minimum atomic E-state index is -0.0138. The molecular formula is C10H20ClNO. The molecule has 1 unspecified atom stereocenters. The molecule has 0 aromatic rings. The first kappa shape index (κ1) is 11.3. The third-order valence-electron chi connectivity index (χ3n) is 2.16. The Morgan fingerprint density at radius 2 is 2.15 bits per heavy atom. The van der Waals surface area contributed by atoms with Crippen molar-refractivity contribution in [3.05, 3.63) is 0 Å². The smallest absolute Gasteiger partial charge is 0.0600 e. The number of hydrogen-bond donors (Lipinski definition) is 0. The number of rotatable bonds is 3. The second-order valence-corrected chi connectivity index (χ2v) is 5.26. The maximum atomic E-state index is 5.99. The fraction of sp³-hybridized carbons (Fsp3) is 1.00. The fourth-order valence-corrected chi connectivity index (χ4v) is 1.76. The highest BCUT2D eigenvalue weighted by atomic mass is 35.5.